The minimum absolute atomic E-state index is 0.603. The maximum Gasteiger partial charge on any atom is 0.161 e. The molecular formula is C18H20N2O2. The highest BCUT2D eigenvalue weighted by Crippen LogP contribution is 2.32. The van der Waals surface area contributed by atoms with E-state index < -0.39 is 0 Å². The fourth-order valence-corrected chi connectivity index (χ4v) is 3.31. The van der Waals surface area contributed by atoms with Crippen molar-refractivity contribution in [2.45, 2.75) is 18.9 Å². The molecule has 4 nitrogen and oxygen atoms in total. The fraction of sp³-hybridized carbons (Fsp3) is 0.389. The van der Waals surface area contributed by atoms with E-state index in [0.717, 1.165) is 31.1 Å². The largest absolute Gasteiger partial charge is 0.486 e. The zero-order valence-corrected chi connectivity index (χ0v) is 12.6. The summed E-state index contributed by atoms with van der Waals surface area (Å²) in [6.45, 7) is 4.48. The van der Waals surface area contributed by atoms with E-state index in [1.54, 1.807) is 0 Å². The molecule has 3 heterocycles. The van der Waals surface area contributed by atoms with Gasteiger partial charge in [0.05, 0.1) is 0 Å². The second-order valence-corrected chi connectivity index (χ2v) is 5.99. The molecule has 1 atom stereocenters. The Morgan fingerprint density at radius 2 is 2.05 bits per heavy atom. The first kappa shape index (κ1) is 13.6. The Morgan fingerprint density at radius 3 is 2.91 bits per heavy atom. The number of likely N-dealkylation sites (tertiary alicyclic amines) is 1. The number of benzene rings is 1. The Hall–Kier alpha value is -2.07. The van der Waals surface area contributed by atoms with Gasteiger partial charge in [-0.05, 0) is 48.2 Å². The van der Waals surface area contributed by atoms with Crippen LogP contribution in [0.15, 0.2) is 42.7 Å². The fourth-order valence-electron chi connectivity index (χ4n) is 3.31. The molecule has 0 bridgehead atoms. The summed E-state index contributed by atoms with van der Waals surface area (Å²) >= 11 is 0. The lowest BCUT2D eigenvalue weighted by Crippen LogP contribution is -2.20. The van der Waals surface area contributed by atoms with Crippen LogP contribution >= 0.6 is 0 Å². The molecule has 0 radical (unpaired) electrons. The summed E-state index contributed by atoms with van der Waals surface area (Å²) < 4.78 is 11.2. The van der Waals surface area contributed by atoms with Gasteiger partial charge in [-0.25, -0.2) is 0 Å². The van der Waals surface area contributed by atoms with Crippen LogP contribution in [0.3, 0.4) is 0 Å². The predicted molar refractivity (Wildman–Crippen MR) is 84.3 cm³/mol. The van der Waals surface area contributed by atoms with Crippen LogP contribution < -0.4 is 9.47 Å². The Morgan fingerprint density at radius 1 is 1.14 bits per heavy atom. The van der Waals surface area contributed by atoms with Crippen LogP contribution in [0.2, 0.25) is 0 Å². The lowest BCUT2D eigenvalue weighted by molar-refractivity contribution is 0.171. The molecule has 114 valence electrons. The van der Waals surface area contributed by atoms with E-state index in [1.807, 2.05) is 24.5 Å². The number of nitrogens with zero attached hydrogens (tertiary/aromatic N) is 2. The van der Waals surface area contributed by atoms with Gasteiger partial charge in [0.1, 0.15) is 13.2 Å². The van der Waals surface area contributed by atoms with E-state index in [9.17, 15) is 0 Å². The molecule has 2 aromatic rings. The third kappa shape index (κ3) is 2.79. The van der Waals surface area contributed by atoms with Crippen LogP contribution in [-0.2, 0) is 6.54 Å². The smallest absolute Gasteiger partial charge is 0.161 e. The molecular weight excluding hydrogens is 276 g/mol. The van der Waals surface area contributed by atoms with Gasteiger partial charge in [0.25, 0.3) is 0 Å². The molecule has 0 aliphatic carbocycles. The minimum atomic E-state index is 0.603. The lowest BCUT2D eigenvalue weighted by atomic mass is 10.0. The van der Waals surface area contributed by atoms with Crippen LogP contribution in [0.25, 0.3) is 0 Å². The number of ether oxygens (including phenoxy) is 2. The maximum absolute atomic E-state index is 5.67. The van der Waals surface area contributed by atoms with Crippen molar-refractivity contribution in [3.05, 3.63) is 53.9 Å². The normalized spacial score (nSPS) is 21.0. The molecule has 4 heteroatoms. The Bertz CT molecular complexity index is 645. The van der Waals surface area contributed by atoms with Gasteiger partial charge >= 0.3 is 0 Å². The van der Waals surface area contributed by atoms with E-state index in [2.05, 4.69) is 28.1 Å². The molecule has 2 aliphatic heterocycles. The van der Waals surface area contributed by atoms with Gasteiger partial charge < -0.3 is 9.47 Å². The van der Waals surface area contributed by atoms with Gasteiger partial charge in [-0.1, -0.05) is 12.1 Å². The van der Waals surface area contributed by atoms with Crippen molar-refractivity contribution < 1.29 is 9.47 Å². The van der Waals surface area contributed by atoms with Crippen molar-refractivity contribution in [2.75, 3.05) is 26.3 Å². The zero-order chi connectivity index (χ0) is 14.8. The van der Waals surface area contributed by atoms with Crippen molar-refractivity contribution >= 4 is 0 Å². The molecule has 1 aromatic carbocycles. The Balaban J connectivity index is 1.42. The van der Waals surface area contributed by atoms with Gasteiger partial charge in [-0.15, -0.1) is 0 Å². The quantitative estimate of drug-likeness (QED) is 0.872. The van der Waals surface area contributed by atoms with Crippen LogP contribution in [-0.4, -0.2) is 36.2 Å². The highest BCUT2D eigenvalue weighted by Gasteiger charge is 2.24. The highest BCUT2D eigenvalue weighted by molar-refractivity contribution is 5.43. The number of pyridine rings is 1. The first-order valence-electron chi connectivity index (χ1n) is 7.89. The maximum atomic E-state index is 5.67. The predicted octanol–water partition coefficient (Wildman–Crippen LogP) is 2.84. The molecule has 1 saturated heterocycles. The van der Waals surface area contributed by atoms with Gasteiger partial charge in [0.2, 0.25) is 0 Å². The zero-order valence-electron chi connectivity index (χ0n) is 12.6. The Kier molecular flexibility index (Phi) is 3.69. The molecule has 0 saturated carbocycles. The van der Waals surface area contributed by atoms with E-state index in [1.165, 1.54) is 17.5 Å². The minimum Gasteiger partial charge on any atom is -0.486 e. The summed E-state index contributed by atoms with van der Waals surface area (Å²) in [7, 11) is 0. The summed E-state index contributed by atoms with van der Waals surface area (Å²) in [5, 5.41) is 0. The molecule has 2 aliphatic rings. The van der Waals surface area contributed by atoms with Gasteiger partial charge in [-0.3, -0.25) is 9.88 Å². The number of fused-ring (bicyclic) bond motifs is 1. The van der Waals surface area contributed by atoms with E-state index in [4.69, 9.17) is 9.47 Å². The van der Waals surface area contributed by atoms with Crippen molar-refractivity contribution in [3.63, 3.8) is 0 Å². The molecule has 1 aromatic heterocycles. The number of aromatic nitrogens is 1. The Labute approximate surface area is 130 Å². The lowest BCUT2D eigenvalue weighted by Gasteiger charge is -2.21. The van der Waals surface area contributed by atoms with Crippen LogP contribution in [0, 0.1) is 0 Å². The van der Waals surface area contributed by atoms with E-state index >= 15 is 0 Å². The highest BCUT2D eigenvalue weighted by atomic mass is 16.6. The number of hydrogen-bond acceptors (Lipinski definition) is 4. The second-order valence-electron chi connectivity index (χ2n) is 5.99. The third-order valence-electron chi connectivity index (χ3n) is 4.44. The van der Waals surface area contributed by atoms with Crippen molar-refractivity contribution in [3.8, 4) is 11.5 Å². The first-order valence-corrected chi connectivity index (χ1v) is 7.89. The van der Waals surface area contributed by atoms with Gasteiger partial charge in [0.15, 0.2) is 11.5 Å². The van der Waals surface area contributed by atoms with E-state index in [-0.39, 0.29) is 0 Å². The molecule has 1 unspecified atom stereocenters. The van der Waals surface area contributed by atoms with Crippen LogP contribution in [0.5, 0.6) is 11.5 Å². The third-order valence-corrected chi connectivity index (χ3v) is 4.44. The SMILES string of the molecule is c1cncc(C2CCN(Cc3ccc4c(c3)OCCO4)C2)c1. The average molecular weight is 296 g/mol. The molecule has 0 spiro atoms. The van der Waals surface area contributed by atoms with Crippen molar-refractivity contribution in [2.24, 2.45) is 0 Å². The van der Waals surface area contributed by atoms with Crippen LogP contribution in [0.1, 0.15) is 23.5 Å². The standard InChI is InChI=1S/C18H20N2O2/c1-2-15(11-19-6-1)16-5-7-20(13-16)12-14-3-4-17-18(10-14)22-9-8-21-17/h1-4,6,10-11,16H,5,7-9,12-13H2. The summed E-state index contributed by atoms with van der Waals surface area (Å²) in [5.74, 6) is 2.35. The molecule has 0 N–H and O–H groups in total. The summed E-state index contributed by atoms with van der Waals surface area (Å²) in [4.78, 5) is 6.74. The van der Waals surface area contributed by atoms with E-state index in [0.29, 0.717) is 19.1 Å². The van der Waals surface area contributed by atoms with Gasteiger partial charge in [-0.2, -0.15) is 0 Å². The number of rotatable bonds is 3. The average Bonchev–Trinajstić information content (AvgIpc) is 3.04. The van der Waals surface area contributed by atoms with Crippen LogP contribution in [0.4, 0.5) is 0 Å². The second kappa shape index (κ2) is 5.97. The topological polar surface area (TPSA) is 34.6 Å². The van der Waals surface area contributed by atoms with Crippen molar-refractivity contribution in [1.82, 2.24) is 9.88 Å². The molecule has 0 amide bonds. The first-order chi connectivity index (χ1) is 10.9. The van der Waals surface area contributed by atoms with Crippen molar-refractivity contribution in [1.29, 1.82) is 0 Å². The summed E-state index contributed by atoms with van der Waals surface area (Å²) in [6.07, 6.45) is 5.04. The monoisotopic (exact) mass is 296 g/mol. The van der Waals surface area contributed by atoms with Gasteiger partial charge in [0, 0.05) is 25.5 Å². The molecule has 1 fully saturated rings. The molecule has 4 rings (SSSR count). The number of hydrogen-bond donors (Lipinski definition) is 0. The molecule has 22 heavy (non-hydrogen) atoms. The summed E-state index contributed by atoms with van der Waals surface area (Å²) in [5.41, 5.74) is 2.64. The summed E-state index contributed by atoms with van der Waals surface area (Å²) in [6, 6.07) is 10.5.